The van der Waals surface area contributed by atoms with Gasteiger partial charge in [-0.15, -0.1) is 0 Å². The van der Waals surface area contributed by atoms with Gasteiger partial charge in [0.05, 0.1) is 13.5 Å². The average molecular weight is 349 g/mol. The van der Waals surface area contributed by atoms with E-state index in [0.717, 1.165) is 5.56 Å². The summed E-state index contributed by atoms with van der Waals surface area (Å²) in [6, 6.07) is 8.60. The van der Waals surface area contributed by atoms with Crippen LogP contribution in [-0.4, -0.2) is 31.0 Å². The number of carbonyl (C=O) groups excluding carboxylic acids is 3. The lowest BCUT2D eigenvalue weighted by Crippen LogP contribution is -2.45. The van der Waals surface area contributed by atoms with Crippen molar-refractivity contribution in [3.63, 3.8) is 0 Å². The maximum atomic E-state index is 12.4. The molecule has 1 amide bonds. The smallest absolute Gasteiger partial charge is 0.328 e. The zero-order valence-electron chi connectivity index (χ0n) is 15.3. The van der Waals surface area contributed by atoms with E-state index in [1.165, 1.54) is 7.11 Å². The van der Waals surface area contributed by atoms with Crippen molar-refractivity contribution in [2.75, 3.05) is 7.11 Å². The molecule has 0 saturated carbocycles. The molecule has 138 valence electrons. The lowest BCUT2D eigenvalue weighted by atomic mass is 10.0. The van der Waals surface area contributed by atoms with Crippen LogP contribution in [0.5, 0.6) is 0 Å². The highest BCUT2D eigenvalue weighted by Crippen LogP contribution is 2.11. The summed E-state index contributed by atoms with van der Waals surface area (Å²) in [6.07, 6.45) is 0.431. The Labute approximate surface area is 148 Å². The number of rotatable bonds is 9. The Kier molecular flexibility index (Phi) is 8.67. The van der Waals surface area contributed by atoms with E-state index in [0.29, 0.717) is 6.42 Å². The predicted molar refractivity (Wildman–Crippen MR) is 93.4 cm³/mol. The molecule has 1 aromatic carbocycles. The Morgan fingerprint density at radius 3 is 2.28 bits per heavy atom. The van der Waals surface area contributed by atoms with Crippen LogP contribution in [0.3, 0.4) is 0 Å². The molecule has 1 unspecified atom stereocenters. The first-order chi connectivity index (χ1) is 11.8. The van der Waals surface area contributed by atoms with Crippen LogP contribution in [0.1, 0.15) is 39.2 Å². The molecule has 6 nitrogen and oxygen atoms in total. The van der Waals surface area contributed by atoms with Crippen LogP contribution in [0.25, 0.3) is 0 Å². The molecule has 0 saturated heterocycles. The minimum Gasteiger partial charge on any atom is -0.469 e. The molecule has 0 spiro atoms. The van der Waals surface area contributed by atoms with Gasteiger partial charge < -0.3 is 14.8 Å². The number of carbonyl (C=O) groups is 3. The zero-order chi connectivity index (χ0) is 18.8. The van der Waals surface area contributed by atoms with Gasteiger partial charge in [-0.05, 0) is 17.9 Å². The molecule has 0 radical (unpaired) electrons. The largest absolute Gasteiger partial charge is 0.469 e. The van der Waals surface area contributed by atoms with Gasteiger partial charge in [-0.25, -0.2) is 4.79 Å². The third kappa shape index (κ3) is 7.83. The maximum Gasteiger partial charge on any atom is 0.328 e. The van der Waals surface area contributed by atoms with Gasteiger partial charge >= 0.3 is 11.9 Å². The molecule has 1 rings (SSSR count). The normalized spacial score (nSPS) is 13.0. The first-order valence-corrected chi connectivity index (χ1v) is 8.41. The fraction of sp³-hybridized carbons (Fsp3) is 0.526. The molecule has 25 heavy (non-hydrogen) atoms. The molecular formula is C19H27NO5. The van der Waals surface area contributed by atoms with Gasteiger partial charge in [-0.2, -0.15) is 0 Å². The first-order valence-electron chi connectivity index (χ1n) is 8.41. The van der Waals surface area contributed by atoms with Crippen molar-refractivity contribution in [2.45, 2.75) is 46.3 Å². The molecule has 1 N–H and O–H groups in total. The van der Waals surface area contributed by atoms with Crippen LogP contribution in [0.2, 0.25) is 0 Å². The second-order valence-electron chi connectivity index (χ2n) is 6.47. The SMILES string of the molecule is COC(=O)CC(C)C(=O)N[C@@H](CC(C)C)C(=O)OCc1ccccc1. The second kappa shape index (κ2) is 10.5. The number of methoxy groups -OCH3 is 1. The summed E-state index contributed by atoms with van der Waals surface area (Å²) in [6.45, 7) is 5.69. The molecule has 0 aliphatic rings. The number of hydrogen-bond acceptors (Lipinski definition) is 5. The van der Waals surface area contributed by atoms with E-state index < -0.39 is 23.9 Å². The van der Waals surface area contributed by atoms with Gasteiger partial charge in [-0.3, -0.25) is 9.59 Å². The second-order valence-corrected chi connectivity index (χ2v) is 6.47. The molecule has 0 heterocycles. The zero-order valence-corrected chi connectivity index (χ0v) is 15.3. The summed E-state index contributed by atoms with van der Waals surface area (Å²) in [5.74, 6) is -1.69. The Hall–Kier alpha value is -2.37. The molecule has 2 atom stereocenters. The van der Waals surface area contributed by atoms with Crippen molar-refractivity contribution in [1.82, 2.24) is 5.32 Å². The molecule has 0 bridgehead atoms. The lowest BCUT2D eigenvalue weighted by Gasteiger charge is -2.21. The van der Waals surface area contributed by atoms with Crippen LogP contribution in [0, 0.1) is 11.8 Å². The van der Waals surface area contributed by atoms with Gasteiger partial charge in [0.25, 0.3) is 0 Å². The number of ether oxygens (including phenoxy) is 2. The van der Waals surface area contributed by atoms with E-state index in [-0.39, 0.29) is 24.9 Å². The Morgan fingerprint density at radius 2 is 1.72 bits per heavy atom. The van der Waals surface area contributed by atoms with Crippen molar-refractivity contribution < 1.29 is 23.9 Å². The summed E-state index contributed by atoms with van der Waals surface area (Å²) in [7, 11) is 1.27. The Morgan fingerprint density at radius 1 is 1.08 bits per heavy atom. The lowest BCUT2D eigenvalue weighted by molar-refractivity contribution is -0.150. The van der Waals surface area contributed by atoms with Gasteiger partial charge in [-0.1, -0.05) is 51.1 Å². The summed E-state index contributed by atoms with van der Waals surface area (Å²) in [5.41, 5.74) is 0.879. The maximum absolute atomic E-state index is 12.4. The minimum atomic E-state index is -0.740. The summed E-state index contributed by atoms with van der Waals surface area (Å²) < 4.78 is 9.89. The highest BCUT2D eigenvalue weighted by Gasteiger charge is 2.26. The summed E-state index contributed by atoms with van der Waals surface area (Å²) in [5, 5.41) is 2.69. The van der Waals surface area contributed by atoms with E-state index in [2.05, 4.69) is 10.1 Å². The first kappa shape index (κ1) is 20.7. The minimum absolute atomic E-state index is 0.0319. The monoisotopic (exact) mass is 349 g/mol. The van der Waals surface area contributed by atoms with E-state index in [9.17, 15) is 14.4 Å². The molecular weight excluding hydrogens is 322 g/mol. The van der Waals surface area contributed by atoms with E-state index >= 15 is 0 Å². The van der Waals surface area contributed by atoms with Crippen LogP contribution >= 0.6 is 0 Å². The summed E-state index contributed by atoms with van der Waals surface area (Å²) in [4.78, 5) is 35.9. The standard InChI is InChI=1S/C19H27NO5/c1-13(2)10-16(20-18(22)14(3)11-17(21)24-4)19(23)25-12-15-8-6-5-7-9-15/h5-9,13-14,16H,10-12H2,1-4H3,(H,20,22)/t14?,16-/m0/s1. The number of benzene rings is 1. The van der Waals surface area contributed by atoms with Gasteiger partial charge in [0, 0.05) is 5.92 Å². The quantitative estimate of drug-likeness (QED) is 0.693. The van der Waals surface area contributed by atoms with Gasteiger partial charge in [0.1, 0.15) is 12.6 Å². The third-order valence-corrected chi connectivity index (χ3v) is 3.68. The summed E-state index contributed by atoms with van der Waals surface area (Å²) >= 11 is 0. The number of nitrogens with one attached hydrogen (secondary N) is 1. The van der Waals surface area contributed by atoms with Gasteiger partial charge in [0.15, 0.2) is 0 Å². The van der Waals surface area contributed by atoms with E-state index in [1.54, 1.807) is 6.92 Å². The van der Waals surface area contributed by atoms with Crippen molar-refractivity contribution in [1.29, 1.82) is 0 Å². The average Bonchev–Trinajstić information content (AvgIpc) is 2.59. The van der Waals surface area contributed by atoms with Crippen LogP contribution in [0.4, 0.5) is 0 Å². The topological polar surface area (TPSA) is 81.7 Å². The fourth-order valence-corrected chi connectivity index (χ4v) is 2.25. The van der Waals surface area contributed by atoms with E-state index in [1.807, 2.05) is 44.2 Å². The highest BCUT2D eigenvalue weighted by molar-refractivity contribution is 5.87. The highest BCUT2D eigenvalue weighted by atomic mass is 16.5. The molecule has 0 aliphatic heterocycles. The van der Waals surface area contributed by atoms with Crippen molar-refractivity contribution in [2.24, 2.45) is 11.8 Å². The van der Waals surface area contributed by atoms with Crippen molar-refractivity contribution >= 4 is 17.8 Å². The van der Waals surface area contributed by atoms with E-state index in [4.69, 9.17) is 4.74 Å². The van der Waals surface area contributed by atoms with Crippen LogP contribution in [0.15, 0.2) is 30.3 Å². The molecule has 0 fully saturated rings. The molecule has 0 aliphatic carbocycles. The number of hydrogen-bond donors (Lipinski definition) is 1. The fourth-order valence-electron chi connectivity index (χ4n) is 2.25. The van der Waals surface area contributed by atoms with Crippen LogP contribution < -0.4 is 5.32 Å². The molecule has 1 aromatic rings. The van der Waals surface area contributed by atoms with Crippen molar-refractivity contribution in [3.8, 4) is 0 Å². The third-order valence-electron chi connectivity index (χ3n) is 3.68. The van der Waals surface area contributed by atoms with Crippen molar-refractivity contribution in [3.05, 3.63) is 35.9 Å². The molecule has 0 aromatic heterocycles. The predicted octanol–water partition coefficient (Wildman–Crippen LogP) is 2.46. The Balaban J connectivity index is 2.64. The number of esters is 2. The van der Waals surface area contributed by atoms with Gasteiger partial charge in [0.2, 0.25) is 5.91 Å². The molecule has 6 heteroatoms. The Bertz CT molecular complexity index is 570. The van der Waals surface area contributed by atoms with Crippen LogP contribution in [-0.2, 0) is 30.5 Å². The number of amides is 1.